The van der Waals surface area contributed by atoms with Gasteiger partial charge in [-0.1, -0.05) is 6.07 Å². The zero-order chi connectivity index (χ0) is 17.4. The van der Waals surface area contributed by atoms with Crippen LogP contribution in [0, 0.1) is 0 Å². The second-order valence-corrected chi connectivity index (χ2v) is 5.71. The SMILES string of the molecule is CCOc1cc(C=O)ccc1OCC(=O)Nc1cccc(SC)c1. The minimum absolute atomic E-state index is 0.149. The fourth-order valence-corrected chi connectivity index (χ4v) is 2.49. The molecule has 0 aliphatic rings. The molecule has 126 valence electrons. The molecule has 1 N–H and O–H groups in total. The van der Waals surface area contributed by atoms with Crippen molar-refractivity contribution in [2.45, 2.75) is 11.8 Å². The monoisotopic (exact) mass is 345 g/mol. The predicted octanol–water partition coefficient (Wildman–Crippen LogP) is 3.64. The van der Waals surface area contributed by atoms with Crippen LogP contribution < -0.4 is 14.8 Å². The van der Waals surface area contributed by atoms with Crippen LogP contribution in [0.3, 0.4) is 0 Å². The topological polar surface area (TPSA) is 64.6 Å². The molecule has 0 spiro atoms. The molecule has 1 amide bonds. The third-order valence-electron chi connectivity index (χ3n) is 3.12. The predicted molar refractivity (Wildman–Crippen MR) is 95.3 cm³/mol. The van der Waals surface area contributed by atoms with Gasteiger partial charge in [0.05, 0.1) is 6.61 Å². The number of rotatable bonds is 8. The second kappa shape index (κ2) is 8.98. The Labute approximate surface area is 145 Å². The number of thioether (sulfide) groups is 1. The summed E-state index contributed by atoms with van der Waals surface area (Å²) in [4.78, 5) is 23.9. The van der Waals surface area contributed by atoms with E-state index >= 15 is 0 Å². The Morgan fingerprint density at radius 2 is 2.00 bits per heavy atom. The average molecular weight is 345 g/mol. The lowest BCUT2D eigenvalue weighted by molar-refractivity contribution is -0.118. The maximum atomic E-state index is 12.0. The Kier molecular flexibility index (Phi) is 6.69. The van der Waals surface area contributed by atoms with Gasteiger partial charge in [-0.05, 0) is 49.6 Å². The summed E-state index contributed by atoms with van der Waals surface area (Å²) in [5, 5.41) is 2.79. The first kappa shape index (κ1) is 17.9. The van der Waals surface area contributed by atoms with Crippen LogP contribution in [0.4, 0.5) is 5.69 Å². The van der Waals surface area contributed by atoms with Crippen LogP contribution in [0.2, 0.25) is 0 Å². The van der Waals surface area contributed by atoms with Gasteiger partial charge in [0.25, 0.3) is 5.91 Å². The summed E-state index contributed by atoms with van der Waals surface area (Å²) in [7, 11) is 0. The van der Waals surface area contributed by atoms with Gasteiger partial charge in [-0.2, -0.15) is 0 Å². The number of hydrogen-bond acceptors (Lipinski definition) is 5. The molecule has 0 saturated carbocycles. The summed E-state index contributed by atoms with van der Waals surface area (Å²) in [5.41, 5.74) is 1.21. The molecule has 0 fully saturated rings. The highest BCUT2D eigenvalue weighted by atomic mass is 32.2. The fraction of sp³-hybridized carbons (Fsp3) is 0.222. The van der Waals surface area contributed by atoms with Crippen LogP contribution in [-0.2, 0) is 4.79 Å². The van der Waals surface area contributed by atoms with E-state index in [1.165, 1.54) is 0 Å². The average Bonchev–Trinajstić information content (AvgIpc) is 2.61. The van der Waals surface area contributed by atoms with E-state index in [1.54, 1.807) is 30.0 Å². The molecule has 0 atom stereocenters. The first-order valence-electron chi connectivity index (χ1n) is 7.45. The summed E-state index contributed by atoms with van der Waals surface area (Å²) in [6.45, 7) is 2.12. The Balaban J connectivity index is 1.99. The maximum absolute atomic E-state index is 12.0. The van der Waals surface area contributed by atoms with Crippen molar-refractivity contribution < 1.29 is 19.1 Å². The van der Waals surface area contributed by atoms with Gasteiger partial charge < -0.3 is 14.8 Å². The smallest absolute Gasteiger partial charge is 0.262 e. The number of anilines is 1. The van der Waals surface area contributed by atoms with Crippen LogP contribution in [0.1, 0.15) is 17.3 Å². The number of carbonyl (C=O) groups excluding carboxylic acids is 2. The lowest BCUT2D eigenvalue weighted by Gasteiger charge is -2.12. The van der Waals surface area contributed by atoms with Gasteiger partial charge >= 0.3 is 0 Å². The van der Waals surface area contributed by atoms with Crippen molar-refractivity contribution in [3.63, 3.8) is 0 Å². The molecule has 0 aromatic heterocycles. The van der Waals surface area contributed by atoms with E-state index in [4.69, 9.17) is 9.47 Å². The summed E-state index contributed by atoms with van der Waals surface area (Å²) in [6, 6.07) is 12.4. The third kappa shape index (κ3) is 5.03. The lowest BCUT2D eigenvalue weighted by atomic mass is 10.2. The van der Waals surface area contributed by atoms with Gasteiger partial charge in [-0.25, -0.2) is 0 Å². The van der Waals surface area contributed by atoms with Gasteiger partial charge in [0.2, 0.25) is 0 Å². The first-order chi connectivity index (χ1) is 11.7. The molecule has 2 rings (SSSR count). The van der Waals surface area contributed by atoms with E-state index in [9.17, 15) is 9.59 Å². The molecule has 0 aliphatic heterocycles. The standard InChI is InChI=1S/C18H19NO4S/c1-3-22-17-9-13(11-20)7-8-16(17)23-12-18(21)19-14-5-4-6-15(10-14)24-2/h4-11H,3,12H2,1-2H3,(H,19,21). The molecule has 0 unspecified atom stereocenters. The first-order valence-corrected chi connectivity index (χ1v) is 8.67. The van der Waals surface area contributed by atoms with Gasteiger partial charge in [-0.15, -0.1) is 11.8 Å². The van der Waals surface area contributed by atoms with E-state index < -0.39 is 0 Å². The minimum Gasteiger partial charge on any atom is -0.490 e. The van der Waals surface area contributed by atoms with E-state index in [1.807, 2.05) is 37.4 Å². The largest absolute Gasteiger partial charge is 0.490 e. The third-order valence-corrected chi connectivity index (χ3v) is 3.84. The lowest BCUT2D eigenvalue weighted by Crippen LogP contribution is -2.20. The van der Waals surface area contributed by atoms with Crippen LogP contribution in [0.5, 0.6) is 11.5 Å². The van der Waals surface area contributed by atoms with Crippen molar-refractivity contribution in [1.82, 2.24) is 0 Å². The van der Waals surface area contributed by atoms with Crippen molar-refractivity contribution in [1.29, 1.82) is 0 Å². The molecule has 24 heavy (non-hydrogen) atoms. The van der Waals surface area contributed by atoms with Crippen LogP contribution in [0.25, 0.3) is 0 Å². The molecule has 2 aromatic rings. The molecular formula is C18H19NO4S. The molecule has 2 aromatic carbocycles. The van der Waals surface area contributed by atoms with Crippen molar-refractivity contribution in [2.75, 3.05) is 24.8 Å². The molecule has 5 nitrogen and oxygen atoms in total. The van der Waals surface area contributed by atoms with Crippen molar-refractivity contribution in [3.05, 3.63) is 48.0 Å². The highest BCUT2D eigenvalue weighted by Crippen LogP contribution is 2.28. The zero-order valence-corrected chi connectivity index (χ0v) is 14.4. The van der Waals surface area contributed by atoms with Crippen molar-refractivity contribution in [3.8, 4) is 11.5 Å². The number of carbonyl (C=O) groups is 2. The van der Waals surface area contributed by atoms with Crippen LogP contribution >= 0.6 is 11.8 Å². The highest BCUT2D eigenvalue weighted by Gasteiger charge is 2.09. The molecule has 0 bridgehead atoms. The number of benzene rings is 2. The molecule has 0 radical (unpaired) electrons. The minimum atomic E-state index is -0.268. The quantitative estimate of drug-likeness (QED) is 0.584. The summed E-state index contributed by atoms with van der Waals surface area (Å²) < 4.78 is 11.0. The fourth-order valence-electron chi connectivity index (χ4n) is 2.03. The molecule has 0 saturated heterocycles. The van der Waals surface area contributed by atoms with E-state index in [-0.39, 0.29) is 12.5 Å². The molecule has 6 heteroatoms. The Morgan fingerprint density at radius 3 is 2.71 bits per heavy atom. The molecule has 0 heterocycles. The van der Waals surface area contributed by atoms with Crippen LogP contribution in [-0.4, -0.2) is 31.7 Å². The summed E-state index contributed by atoms with van der Waals surface area (Å²) in [5.74, 6) is 0.602. The van der Waals surface area contributed by atoms with Gasteiger partial charge in [0.1, 0.15) is 6.29 Å². The van der Waals surface area contributed by atoms with Crippen molar-refractivity contribution in [2.24, 2.45) is 0 Å². The normalized spacial score (nSPS) is 10.1. The summed E-state index contributed by atoms with van der Waals surface area (Å²) in [6.07, 6.45) is 2.71. The Bertz CT molecular complexity index is 718. The van der Waals surface area contributed by atoms with E-state index in [0.29, 0.717) is 23.7 Å². The van der Waals surface area contributed by atoms with Gasteiger partial charge in [-0.3, -0.25) is 9.59 Å². The molecular weight excluding hydrogens is 326 g/mol. The number of hydrogen-bond donors (Lipinski definition) is 1. The Hall–Kier alpha value is -2.47. The van der Waals surface area contributed by atoms with Crippen LogP contribution in [0.15, 0.2) is 47.4 Å². The van der Waals surface area contributed by atoms with Gasteiger partial charge in [0.15, 0.2) is 18.1 Å². The zero-order valence-electron chi connectivity index (χ0n) is 13.6. The van der Waals surface area contributed by atoms with Gasteiger partial charge in [0, 0.05) is 16.1 Å². The highest BCUT2D eigenvalue weighted by molar-refractivity contribution is 7.98. The summed E-state index contributed by atoms with van der Waals surface area (Å²) >= 11 is 1.60. The Morgan fingerprint density at radius 1 is 1.17 bits per heavy atom. The number of aldehydes is 1. The van der Waals surface area contributed by atoms with Crippen molar-refractivity contribution >= 4 is 29.6 Å². The van der Waals surface area contributed by atoms with E-state index in [2.05, 4.69) is 5.32 Å². The number of amides is 1. The second-order valence-electron chi connectivity index (χ2n) is 4.83. The molecule has 0 aliphatic carbocycles. The number of ether oxygens (including phenoxy) is 2. The number of nitrogens with one attached hydrogen (secondary N) is 1. The maximum Gasteiger partial charge on any atom is 0.262 e. The van der Waals surface area contributed by atoms with E-state index in [0.717, 1.165) is 16.9 Å².